The summed E-state index contributed by atoms with van der Waals surface area (Å²) in [5.74, 6) is 6.17. The van der Waals surface area contributed by atoms with E-state index in [0.717, 1.165) is 47.8 Å². The molecule has 0 saturated heterocycles. The molecule has 0 bridgehead atoms. The lowest BCUT2D eigenvalue weighted by molar-refractivity contribution is -0.152. The van der Waals surface area contributed by atoms with Crippen LogP contribution in [0.25, 0.3) is 0 Å². The van der Waals surface area contributed by atoms with Gasteiger partial charge < -0.3 is 5.11 Å². The molecule has 160 valence electrons. The first-order valence-corrected chi connectivity index (χ1v) is 12.9. The van der Waals surface area contributed by atoms with Gasteiger partial charge in [0.25, 0.3) is 0 Å². The Morgan fingerprint density at radius 2 is 1.71 bits per heavy atom. The average Bonchev–Trinajstić information content (AvgIpc) is 3.15. The van der Waals surface area contributed by atoms with Crippen LogP contribution >= 0.6 is 0 Å². The van der Waals surface area contributed by atoms with Crippen molar-refractivity contribution in [3.8, 4) is 0 Å². The molecule has 0 radical (unpaired) electrons. The summed E-state index contributed by atoms with van der Waals surface area (Å²) in [7, 11) is 0. The third-order valence-electron chi connectivity index (χ3n) is 11.8. The van der Waals surface area contributed by atoms with Crippen molar-refractivity contribution in [2.24, 2.45) is 57.7 Å². The zero-order chi connectivity index (χ0) is 19.9. The van der Waals surface area contributed by atoms with Gasteiger partial charge in [-0.3, -0.25) is 0 Å². The lowest BCUT2D eigenvalue weighted by Crippen LogP contribution is -2.56. The van der Waals surface area contributed by atoms with Crippen molar-refractivity contribution < 1.29 is 5.11 Å². The van der Waals surface area contributed by atoms with Crippen molar-refractivity contribution in [1.82, 2.24) is 0 Å². The van der Waals surface area contributed by atoms with Crippen molar-refractivity contribution in [1.29, 1.82) is 0 Å². The van der Waals surface area contributed by atoms with Crippen LogP contribution < -0.4 is 0 Å². The van der Waals surface area contributed by atoms with Crippen LogP contribution in [-0.4, -0.2) is 11.2 Å². The number of aliphatic hydroxyl groups excluding tert-OH is 1. The predicted octanol–water partition coefficient (Wildman–Crippen LogP) is 7.08. The molecule has 28 heavy (non-hydrogen) atoms. The second kappa shape index (κ2) is 6.48. The number of rotatable bonds is 5. The molecule has 5 aliphatic rings. The average molecular weight is 387 g/mol. The molecule has 4 unspecified atom stereocenters. The van der Waals surface area contributed by atoms with E-state index >= 15 is 0 Å². The van der Waals surface area contributed by atoms with E-state index in [2.05, 4.69) is 34.6 Å². The largest absolute Gasteiger partial charge is 0.393 e. The van der Waals surface area contributed by atoms with E-state index < -0.39 is 0 Å². The van der Waals surface area contributed by atoms with Crippen LogP contribution in [0.4, 0.5) is 0 Å². The Morgan fingerprint density at radius 3 is 2.43 bits per heavy atom. The quantitative estimate of drug-likeness (QED) is 0.535. The number of fused-ring (bicyclic) bond motifs is 4. The predicted molar refractivity (Wildman–Crippen MR) is 117 cm³/mol. The lowest BCUT2D eigenvalue weighted by Gasteiger charge is -2.60. The van der Waals surface area contributed by atoms with Gasteiger partial charge in [0.15, 0.2) is 0 Å². The van der Waals surface area contributed by atoms with Gasteiger partial charge in [0.1, 0.15) is 0 Å². The topological polar surface area (TPSA) is 20.2 Å². The molecule has 1 spiro atoms. The monoisotopic (exact) mass is 386 g/mol. The minimum absolute atomic E-state index is 0.0103. The van der Waals surface area contributed by atoms with Crippen LogP contribution in [0.2, 0.25) is 0 Å². The van der Waals surface area contributed by atoms with Gasteiger partial charge in [-0.15, -0.1) is 0 Å². The Hall–Kier alpha value is -0.0400. The third kappa shape index (κ3) is 2.47. The summed E-state index contributed by atoms with van der Waals surface area (Å²) in [6.45, 7) is 12.6. The lowest BCUT2D eigenvalue weighted by atomic mass is 9.45. The Balaban J connectivity index is 1.34. The van der Waals surface area contributed by atoms with E-state index in [4.69, 9.17) is 0 Å². The Morgan fingerprint density at radius 1 is 0.929 bits per heavy atom. The molecule has 5 fully saturated rings. The van der Waals surface area contributed by atoms with Gasteiger partial charge in [0, 0.05) is 5.41 Å². The highest BCUT2D eigenvalue weighted by Crippen LogP contribution is 2.81. The van der Waals surface area contributed by atoms with E-state index in [1.807, 2.05) is 0 Å². The van der Waals surface area contributed by atoms with Crippen LogP contribution in [-0.2, 0) is 0 Å². The fourth-order valence-corrected chi connectivity index (χ4v) is 10.3. The van der Waals surface area contributed by atoms with E-state index in [1.54, 1.807) is 0 Å². The summed E-state index contributed by atoms with van der Waals surface area (Å²) >= 11 is 0. The Kier molecular flexibility index (Phi) is 4.60. The summed E-state index contributed by atoms with van der Waals surface area (Å²) in [4.78, 5) is 0. The van der Waals surface area contributed by atoms with Crippen LogP contribution in [0.5, 0.6) is 0 Å². The Bertz CT molecular complexity index is 611. The first-order valence-electron chi connectivity index (χ1n) is 12.9. The molecule has 0 aromatic carbocycles. The summed E-state index contributed by atoms with van der Waals surface area (Å²) in [5, 5.41) is 11.3. The highest BCUT2D eigenvalue weighted by molar-refractivity contribution is 5.25. The summed E-state index contributed by atoms with van der Waals surface area (Å²) in [6, 6.07) is 0. The van der Waals surface area contributed by atoms with E-state index in [0.29, 0.717) is 16.2 Å². The highest BCUT2D eigenvalue weighted by Gasteiger charge is 2.77. The maximum absolute atomic E-state index is 11.3. The molecule has 1 N–H and O–H groups in total. The molecule has 0 heterocycles. The summed E-state index contributed by atoms with van der Waals surface area (Å²) < 4.78 is 0. The van der Waals surface area contributed by atoms with Gasteiger partial charge in [0.2, 0.25) is 0 Å². The zero-order valence-electron chi connectivity index (χ0n) is 19.3. The van der Waals surface area contributed by atoms with E-state index in [9.17, 15) is 5.11 Å². The fourth-order valence-electron chi connectivity index (χ4n) is 10.3. The number of hydrogen-bond acceptors (Lipinski definition) is 1. The molecule has 0 amide bonds. The Labute approximate surface area is 174 Å². The highest BCUT2D eigenvalue weighted by atomic mass is 16.3. The van der Waals surface area contributed by atoms with Gasteiger partial charge in [-0.25, -0.2) is 0 Å². The standard InChI is InChI=1S/C27H46O/c1-17(2)7-6-8-18(3)21-9-10-22-20-15-24(28)27-16-19(27)11-14-26(27,5)23(20)12-13-25(21,22)4/h17-24,28H,6-16H2,1-5H3/t18-,19-,20?,21+,22?,23?,24-,25-,26-,27?/m1/s1. The van der Waals surface area contributed by atoms with Crippen molar-refractivity contribution in [2.75, 3.05) is 0 Å². The second-order valence-electron chi connectivity index (χ2n) is 13.1. The first kappa shape index (κ1) is 19.9. The molecular weight excluding hydrogens is 340 g/mol. The van der Waals surface area contributed by atoms with Gasteiger partial charge in [-0.1, -0.05) is 53.9 Å². The fraction of sp³-hybridized carbons (Fsp3) is 1.00. The van der Waals surface area contributed by atoms with Crippen LogP contribution in [0, 0.1) is 57.7 Å². The van der Waals surface area contributed by atoms with Gasteiger partial charge >= 0.3 is 0 Å². The number of aliphatic hydroxyl groups is 1. The van der Waals surface area contributed by atoms with Crippen LogP contribution in [0.3, 0.4) is 0 Å². The van der Waals surface area contributed by atoms with Crippen molar-refractivity contribution >= 4 is 0 Å². The van der Waals surface area contributed by atoms with Gasteiger partial charge in [-0.05, 0) is 104 Å². The maximum atomic E-state index is 11.3. The minimum Gasteiger partial charge on any atom is -0.393 e. The molecule has 0 aliphatic heterocycles. The third-order valence-corrected chi connectivity index (χ3v) is 11.8. The molecule has 0 aromatic heterocycles. The van der Waals surface area contributed by atoms with E-state index in [1.165, 1.54) is 64.2 Å². The SMILES string of the molecule is CC(C)CCC[C@@H](C)[C@@H]1CCC2C3C[C@@H](O)C45C[C@H]4CC[C@]5(C)C3CC[C@@]21C. The normalized spacial score (nSPS) is 55.4. The molecule has 10 atom stereocenters. The second-order valence-corrected chi connectivity index (χ2v) is 13.1. The minimum atomic E-state index is 0.0103. The summed E-state index contributed by atoms with van der Waals surface area (Å²) in [5.41, 5.74) is 1.37. The van der Waals surface area contributed by atoms with Crippen molar-refractivity contribution in [3.05, 3.63) is 0 Å². The zero-order valence-corrected chi connectivity index (χ0v) is 19.3. The molecule has 5 saturated carbocycles. The first-order chi connectivity index (χ1) is 13.2. The van der Waals surface area contributed by atoms with E-state index in [-0.39, 0.29) is 6.10 Å². The van der Waals surface area contributed by atoms with Crippen molar-refractivity contribution in [2.45, 2.75) is 111 Å². The number of hydrogen-bond donors (Lipinski definition) is 1. The molecule has 1 nitrogen and oxygen atoms in total. The van der Waals surface area contributed by atoms with Crippen LogP contribution in [0.15, 0.2) is 0 Å². The molecule has 1 heteroatoms. The smallest absolute Gasteiger partial charge is 0.0607 e. The molecule has 0 aromatic rings. The molecule has 5 rings (SSSR count). The van der Waals surface area contributed by atoms with Gasteiger partial charge in [-0.2, -0.15) is 0 Å². The molecule has 5 aliphatic carbocycles. The van der Waals surface area contributed by atoms with Gasteiger partial charge in [0.05, 0.1) is 6.10 Å². The summed E-state index contributed by atoms with van der Waals surface area (Å²) in [6.07, 6.45) is 15.4. The maximum Gasteiger partial charge on any atom is 0.0607 e. The van der Waals surface area contributed by atoms with Crippen LogP contribution in [0.1, 0.15) is 105 Å². The van der Waals surface area contributed by atoms with Crippen molar-refractivity contribution in [3.63, 3.8) is 0 Å². The molecular formula is C27H46O.